The minimum absolute atomic E-state index is 0.725. The van der Waals surface area contributed by atoms with Crippen LogP contribution >= 0.6 is 0 Å². The van der Waals surface area contributed by atoms with Crippen molar-refractivity contribution in [1.29, 1.82) is 0 Å². The number of hydrogen-bond acceptors (Lipinski definition) is 3. The van der Waals surface area contributed by atoms with E-state index < -0.39 is 0 Å². The third-order valence-corrected chi connectivity index (χ3v) is 5.02. The lowest BCUT2D eigenvalue weighted by molar-refractivity contribution is 0.128. The van der Waals surface area contributed by atoms with Crippen LogP contribution < -0.4 is 5.32 Å². The van der Waals surface area contributed by atoms with Crippen molar-refractivity contribution in [3.63, 3.8) is 0 Å². The third kappa shape index (κ3) is 4.17. The van der Waals surface area contributed by atoms with Gasteiger partial charge in [-0.2, -0.15) is 0 Å². The molecule has 0 radical (unpaired) electrons. The van der Waals surface area contributed by atoms with Gasteiger partial charge in [0.2, 0.25) is 0 Å². The van der Waals surface area contributed by atoms with Gasteiger partial charge in [0, 0.05) is 31.7 Å². The van der Waals surface area contributed by atoms with E-state index in [4.69, 9.17) is 0 Å². The topological polar surface area (TPSA) is 18.5 Å². The van der Waals surface area contributed by atoms with Crippen LogP contribution in [0.15, 0.2) is 0 Å². The number of nitrogens with one attached hydrogen (secondary N) is 1. The molecule has 3 unspecified atom stereocenters. The van der Waals surface area contributed by atoms with Gasteiger partial charge >= 0.3 is 0 Å². The van der Waals surface area contributed by atoms with Crippen molar-refractivity contribution in [2.75, 3.05) is 39.3 Å². The molecule has 2 heterocycles. The molecular formula is C16H33N3. The van der Waals surface area contributed by atoms with Gasteiger partial charge in [0.15, 0.2) is 0 Å². The Morgan fingerprint density at radius 2 is 1.95 bits per heavy atom. The Bertz CT molecular complexity index is 267. The zero-order chi connectivity index (χ0) is 13.8. The SMILES string of the molecule is CCNC1CCN(CC2CCN(C(C)C)C2)CC1C. The first-order valence-electron chi connectivity index (χ1n) is 8.30. The Hall–Kier alpha value is -0.120. The fraction of sp³-hybridized carbons (Fsp3) is 1.00. The second kappa shape index (κ2) is 7.05. The van der Waals surface area contributed by atoms with Gasteiger partial charge in [-0.1, -0.05) is 13.8 Å². The molecule has 0 aromatic rings. The Kier molecular flexibility index (Phi) is 5.67. The van der Waals surface area contributed by atoms with Crippen LogP contribution in [0, 0.1) is 11.8 Å². The van der Waals surface area contributed by atoms with Crippen molar-refractivity contribution in [1.82, 2.24) is 15.1 Å². The summed E-state index contributed by atoms with van der Waals surface area (Å²) in [6.07, 6.45) is 2.73. The molecule has 0 aliphatic carbocycles. The Morgan fingerprint density at radius 3 is 2.53 bits per heavy atom. The third-order valence-electron chi connectivity index (χ3n) is 5.02. The highest BCUT2D eigenvalue weighted by Gasteiger charge is 2.29. The average Bonchev–Trinajstić information content (AvgIpc) is 2.81. The van der Waals surface area contributed by atoms with E-state index in [9.17, 15) is 0 Å². The monoisotopic (exact) mass is 267 g/mol. The van der Waals surface area contributed by atoms with Crippen LogP contribution in [0.3, 0.4) is 0 Å². The number of likely N-dealkylation sites (tertiary alicyclic amines) is 2. The summed E-state index contributed by atoms with van der Waals surface area (Å²) in [5.74, 6) is 1.71. The maximum atomic E-state index is 3.64. The molecule has 2 saturated heterocycles. The van der Waals surface area contributed by atoms with Crippen molar-refractivity contribution in [2.24, 2.45) is 11.8 Å². The van der Waals surface area contributed by atoms with Gasteiger partial charge in [-0.05, 0) is 58.2 Å². The summed E-state index contributed by atoms with van der Waals surface area (Å²) >= 11 is 0. The highest BCUT2D eigenvalue weighted by Crippen LogP contribution is 2.23. The zero-order valence-corrected chi connectivity index (χ0v) is 13.4. The first-order valence-corrected chi connectivity index (χ1v) is 8.30. The molecule has 0 spiro atoms. The van der Waals surface area contributed by atoms with Crippen LogP contribution in [-0.4, -0.2) is 61.2 Å². The molecule has 1 N–H and O–H groups in total. The zero-order valence-electron chi connectivity index (χ0n) is 13.4. The highest BCUT2D eigenvalue weighted by atomic mass is 15.2. The molecular weight excluding hydrogens is 234 g/mol. The molecule has 3 nitrogen and oxygen atoms in total. The smallest absolute Gasteiger partial charge is 0.0117 e. The van der Waals surface area contributed by atoms with Crippen LogP contribution in [0.2, 0.25) is 0 Å². The Balaban J connectivity index is 1.73. The van der Waals surface area contributed by atoms with E-state index in [-0.39, 0.29) is 0 Å². The van der Waals surface area contributed by atoms with Gasteiger partial charge in [-0.15, -0.1) is 0 Å². The van der Waals surface area contributed by atoms with Crippen LogP contribution in [-0.2, 0) is 0 Å². The van der Waals surface area contributed by atoms with Gasteiger partial charge in [0.25, 0.3) is 0 Å². The second-order valence-electron chi connectivity index (χ2n) is 6.93. The largest absolute Gasteiger partial charge is 0.314 e. The summed E-state index contributed by atoms with van der Waals surface area (Å²) in [7, 11) is 0. The number of nitrogens with zero attached hydrogens (tertiary/aromatic N) is 2. The summed E-state index contributed by atoms with van der Waals surface area (Å²) in [4.78, 5) is 5.35. The summed E-state index contributed by atoms with van der Waals surface area (Å²) in [5, 5.41) is 3.64. The molecule has 0 bridgehead atoms. The van der Waals surface area contributed by atoms with Crippen LogP contribution in [0.5, 0.6) is 0 Å². The van der Waals surface area contributed by atoms with E-state index in [1.54, 1.807) is 0 Å². The summed E-state index contributed by atoms with van der Waals surface area (Å²) in [6, 6.07) is 1.47. The summed E-state index contributed by atoms with van der Waals surface area (Å²) in [6.45, 7) is 16.9. The average molecular weight is 267 g/mol. The lowest BCUT2D eigenvalue weighted by Gasteiger charge is -2.38. The molecule has 2 rings (SSSR count). The van der Waals surface area contributed by atoms with Gasteiger partial charge in [-0.25, -0.2) is 0 Å². The van der Waals surface area contributed by atoms with Crippen LogP contribution in [0.1, 0.15) is 40.5 Å². The van der Waals surface area contributed by atoms with Gasteiger partial charge in [-0.3, -0.25) is 0 Å². The van der Waals surface area contributed by atoms with Crippen LogP contribution in [0.4, 0.5) is 0 Å². The van der Waals surface area contributed by atoms with E-state index in [0.717, 1.165) is 30.5 Å². The summed E-state index contributed by atoms with van der Waals surface area (Å²) < 4.78 is 0. The van der Waals surface area contributed by atoms with Crippen molar-refractivity contribution in [2.45, 2.75) is 52.6 Å². The fourth-order valence-electron chi connectivity index (χ4n) is 3.81. The van der Waals surface area contributed by atoms with Crippen molar-refractivity contribution in [3.8, 4) is 0 Å². The predicted octanol–water partition coefficient (Wildman–Crippen LogP) is 2.04. The van der Waals surface area contributed by atoms with Crippen LogP contribution in [0.25, 0.3) is 0 Å². The second-order valence-corrected chi connectivity index (χ2v) is 6.93. The first-order chi connectivity index (χ1) is 9.10. The highest BCUT2D eigenvalue weighted by molar-refractivity contribution is 4.86. The van der Waals surface area contributed by atoms with Gasteiger partial charge in [0.1, 0.15) is 0 Å². The lowest BCUT2D eigenvalue weighted by Crippen LogP contribution is -2.49. The number of hydrogen-bond donors (Lipinski definition) is 1. The van der Waals surface area contributed by atoms with E-state index in [1.807, 2.05) is 0 Å². The van der Waals surface area contributed by atoms with Gasteiger partial charge in [0.05, 0.1) is 0 Å². The molecule has 112 valence electrons. The maximum Gasteiger partial charge on any atom is 0.0117 e. The Labute approximate surface area is 119 Å². The Morgan fingerprint density at radius 1 is 1.16 bits per heavy atom. The molecule has 0 saturated carbocycles. The lowest BCUT2D eigenvalue weighted by atomic mass is 9.93. The van der Waals surface area contributed by atoms with E-state index >= 15 is 0 Å². The standard InChI is InChI=1S/C16H33N3/c1-5-17-16-7-8-18(10-14(16)4)11-15-6-9-19(12-15)13(2)3/h13-17H,5-12H2,1-4H3. The minimum Gasteiger partial charge on any atom is -0.314 e. The van der Waals surface area contributed by atoms with E-state index in [0.29, 0.717) is 0 Å². The molecule has 19 heavy (non-hydrogen) atoms. The predicted molar refractivity (Wildman–Crippen MR) is 82.5 cm³/mol. The quantitative estimate of drug-likeness (QED) is 0.822. The maximum absolute atomic E-state index is 3.64. The number of piperidine rings is 1. The first kappa shape index (κ1) is 15.3. The van der Waals surface area contributed by atoms with Crippen molar-refractivity contribution < 1.29 is 0 Å². The van der Waals surface area contributed by atoms with Crippen molar-refractivity contribution in [3.05, 3.63) is 0 Å². The molecule has 3 atom stereocenters. The summed E-state index contributed by atoms with van der Waals surface area (Å²) in [5.41, 5.74) is 0. The molecule has 2 aliphatic rings. The molecule has 0 amide bonds. The minimum atomic E-state index is 0.725. The molecule has 2 fully saturated rings. The molecule has 0 aromatic heterocycles. The van der Waals surface area contributed by atoms with E-state index in [1.165, 1.54) is 45.6 Å². The number of rotatable bonds is 5. The molecule has 0 aromatic carbocycles. The molecule has 2 aliphatic heterocycles. The normalized spacial score (nSPS) is 34.3. The fourth-order valence-corrected chi connectivity index (χ4v) is 3.81. The van der Waals surface area contributed by atoms with Gasteiger partial charge < -0.3 is 15.1 Å². The molecule has 3 heteroatoms. The van der Waals surface area contributed by atoms with E-state index in [2.05, 4.69) is 42.8 Å². The van der Waals surface area contributed by atoms with Crippen molar-refractivity contribution >= 4 is 0 Å².